The Morgan fingerprint density at radius 2 is 1.57 bits per heavy atom. The predicted octanol–water partition coefficient (Wildman–Crippen LogP) is 2.63. The molecular formula is C23H35N3O3S. The van der Waals surface area contributed by atoms with Crippen molar-refractivity contribution in [2.24, 2.45) is 5.92 Å². The molecule has 0 spiro atoms. The smallest absolute Gasteiger partial charge is 0.243 e. The van der Waals surface area contributed by atoms with Gasteiger partial charge in [0.25, 0.3) is 0 Å². The monoisotopic (exact) mass is 433 g/mol. The second-order valence-electron chi connectivity index (χ2n) is 9.42. The second kappa shape index (κ2) is 8.24. The number of sulfonamides is 1. The predicted molar refractivity (Wildman–Crippen MR) is 118 cm³/mol. The fraction of sp³-hybridized carbons (Fsp3) is 0.696. The van der Waals surface area contributed by atoms with E-state index < -0.39 is 10.0 Å². The number of benzene rings is 1. The van der Waals surface area contributed by atoms with Gasteiger partial charge in [0.15, 0.2) is 0 Å². The van der Waals surface area contributed by atoms with Crippen LogP contribution in [0, 0.1) is 33.6 Å². The van der Waals surface area contributed by atoms with E-state index in [0.717, 1.165) is 54.7 Å². The molecule has 30 heavy (non-hydrogen) atoms. The number of nitrogens with zero attached hydrogens (tertiary/aromatic N) is 3. The highest BCUT2D eigenvalue weighted by Gasteiger charge is 2.39. The van der Waals surface area contributed by atoms with Crippen molar-refractivity contribution < 1.29 is 13.2 Å². The van der Waals surface area contributed by atoms with E-state index in [1.54, 1.807) is 4.31 Å². The fourth-order valence-electron chi connectivity index (χ4n) is 5.02. The lowest BCUT2D eigenvalue weighted by molar-refractivity contribution is -0.132. The minimum Gasteiger partial charge on any atom is -0.341 e. The van der Waals surface area contributed by atoms with Gasteiger partial charge in [0.05, 0.1) is 10.9 Å². The quantitative estimate of drug-likeness (QED) is 0.716. The van der Waals surface area contributed by atoms with Crippen LogP contribution in [0.15, 0.2) is 11.0 Å². The molecule has 1 unspecified atom stereocenters. The second-order valence-corrected chi connectivity index (χ2v) is 11.3. The molecule has 7 heteroatoms. The largest absolute Gasteiger partial charge is 0.341 e. The van der Waals surface area contributed by atoms with Crippen LogP contribution in [0.4, 0.5) is 0 Å². The standard InChI is InChI=1S/C23H35N3O3S/c1-16-14-17(2)19(4)22(18(16)3)30(28,29)26-10-5-9-24(12-13-26)21-8-11-25(23(21)27)15-20-6-7-20/h14,20-21H,5-13,15H2,1-4H3. The summed E-state index contributed by atoms with van der Waals surface area (Å²) in [5.41, 5.74) is 3.72. The number of likely N-dealkylation sites (tertiary alicyclic amines) is 1. The highest BCUT2D eigenvalue weighted by Crippen LogP contribution is 2.32. The van der Waals surface area contributed by atoms with E-state index in [0.29, 0.717) is 30.4 Å². The molecule has 3 fully saturated rings. The van der Waals surface area contributed by atoms with E-state index in [9.17, 15) is 13.2 Å². The molecule has 2 heterocycles. The van der Waals surface area contributed by atoms with Gasteiger partial charge in [-0.05, 0) is 81.5 Å². The van der Waals surface area contributed by atoms with Crippen molar-refractivity contribution in [2.45, 2.75) is 64.3 Å². The third-order valence-corrected chi connectivity index (χ3v) is 9.44. The van der Waals surface area contributed by atoms with Gasteiger partial charge in [-0.25, -0.2) is 8.42 Å². The Morgan fingerprint density at radius 1 is 0.900 bits per heavy atom. The molecule has 1 saturated carbocycles. The topological polar surface area (TPSA) is 60.9 Å². The van der Waals surface area contributed by atoms with Crippen molar-refractivity contribution in [3.05, 3.63) is 28.3 Å². The minimum absolute atomic E-state index is 0.0731. The molecule has 0 aromatic heterocycles. The summed E-state index contributed by atoms with van der Waals surface area (Å²) in [4.78, 5) is 17.6. The lowest BCUT2D eigenvalue weighted by Crippen LogP contribution is -2.44. The normalized spacial score (nSPS) is 24.5. The summed E-state index contributed by atoms with van der Waals surface area (Å²) in [5, 5.41) is 0. The van der Waals surface area contributed by atoms with Crippen LogP contribution >= 0.6 is 0 Å². The molecule has 4 rings (SSSR count). The zero-order chi connectivity index (χ0) is 21.6. The van der Waals surface area contributed by atoms with E-state index >= 15 is 0 Å². The summed E-state index contributed by atoms with van der Waals surface area (Å²) in [7, 11) is -3.56. The number of carbonyl (C=O) groups is 1. The molecule has 2 aliphatic heterocycles. The van der Waals surface area contributed by atoms with Gasteiger partial charge >= 0.3 is 0 Å². The summed E-state index contributed by atoms with van der Waals surface area (Å²) in [6.07, 6.45) is 4.13. The number of carbonyl (C=O) groups excluding carboxylic acids is 1. The Hall–Kier alpha value is -1.44. The molecule has 1 aromatic carbocycles. The molecule has 3 aliphatic rings. The fourth-order valence-corrected chi connectivity index (χ4v) is 7.06. The molecule has 0 N–H and O–H groups in total. The molecule has 1 aliphatic carbocycles. The highest BCUT2D eigenvalue weighted by molar-refractivity contribution is 7.89. The van der Waals surface area contributed by atoms with Gasteiger partial charge in [-0.3, -0.25) is 9.69 Å². The number of amides is 1. The summed E-state index contributed by atoms with van der Waals surface area (Å²) in [6.45, 7) is 11.9. The van der Waals surface area contributed by atoms with E-state index in [2.05, 4.69) is 11.0 Å². The van der Waals surface area contributed by atoms with Crippen molar-refractivity contribution in [2.75, 3.05) is 39.3 Å². The Balaban J connectivity index is 1.49. The molecular weight excluding hydrogens is 398 g/mol. The van der Waals surface area contributed by atoms with Crippen LogP contribution in [-0.2, 0) is 14.8 Å². The average Bonchev–Trinajstić information content (AvgIpc) is 3.47. The molecule has 6 nitrogen and oxygen atoms in total. The summed E-state index contributed by atoms with van der Waals surface area (Å²) >= 11 is 0. The third-order valence-electron chi connectivity index (χ3n) is 7.27. The van der Waals surface area contributed by atoms with Gasteiger partial charge in [-0.2, -0.15) is 4.31 Å². The van der Waals surface area contributed by atoms with Crippen molar-refractivity contribution in [3.8, 4) is 0 Å². The van der Waals surface area contributed by atoms with Crippen LogP contribution in [0.2, 0.25) is 0 Å². The average molecular weight is 434 g/mol. The van der Waals surface area contributed by atoms with E-state index in [1.165, 1.54) is 12.8 Å². The van der Waals surface area contributed by atoms with Crippen LogP contribution < -0.4 is 0 Å². The van der Waals surface area contributed by atoms with Crippen molar-refractivity contribution in [1.82, 2.24) is 14.1 Å². The zero-order valence-electron chi connectivity index (χ0n) is 18.8. The van der Waals surface area contributed by atoms with Crippen LogP contribution in [0.3, 0.4) is 0 Å². The number of hydrogen-bond acceptors (Lipinski definition) is 4. The minimum atomic E-state index is -3.56. The van der Waals surface area contributed by atoms with Crippen molar-refractivity contribution in [1.29, 1.82) is 0 Å². The molecule has 1 aromatic rings. The molecule has 0 bridgehead atoms. The van der Waals surface area contributed by atoms with Crippen LogP contribution in [0.25, 0.3) is 0 Å². The first-order chi connectivity index (χ1) is 14.2. The molecule has 1 atom stereocenters. The molecule has 2 saturated heterocycles. The number of hydrogen-bond donors (Lipinski definition) is 0. The Bertz CT molecular complexity index is 913. The van der Waals surface area contributed by atoms with Crippen LogP contribution in [0.1, 0.15) is 47.9 Å². The summed E-state index contributed by atoms with van der Waals surface area (Å²) < 4.78 is 28.8. The van der Waals surface area contributed by atoms with E-state index in [-0.39, 0.29) is 11.9 Å². The van der Waals surface area contributed by atoms with Gasteiger partial charge in [-0.15, -0.1) is 0 Å². The SMILES string of the molecule is Cc1cc(C)c(C)c(S(=O)(=O)N2CCCN(C3CCN(CC4CC4)C3=O)CC2)c1C. The van der Waals surface area contributed by atoms with Crippen LogP contribution in [0.5, 0.6) is 0 Å². The Labute approximate surface area is 181 Å². The van der Waals surface area contributed by atoms with Crippen molar-refractivity contribution in [3.63, 3.8) is 0 Å². The maximum atomic E-state index is 13.6. The van der Waals surface area contributed by atoms with Crippen LogP contribution in [-0.4, -0.2) is 73.7 Å². The van der Waals surface area contributed by atoms with E-state index in [1.807, 2.05) is 32.6 Å². The van der Waals surface area contributed by atoms with Crippen molar-refractivity contribution >= 4 is 15.9 Å². The first kappa shape index (κ1) is 21.8. The Kier molecular flexibility index (Phi) is 5.99. The lowest BCUT2D eigenvalue weighted by atomic mass is 10.0. The van der Waals surface area contributed by atoms with Gasteiger partial charge < -0.3 is 4.90 Å². The van der Waals surface area contributed by atoms with Gasteiger partial charge in [0.2, 0.25) is 15.9 Å². The maximum Gasteiger partial charge on any atom is 0.243 e. The summed E-state index contributed by atoms with van der Waals surface area (Å²) in [5.74, 6) is 0.959. The maximum absolute atomic E-state index is 13.6. The molecule has 166 valence electrons. The molecule has 1 amide bonds. The first-order valence-electron chi connectivity index (χ1n) is 11.3. The highest BCUT2D eigenvalue weighted by atomic mass is 32.2. The first-order valence-corrected chi connectivity index (χ1v) is 12.7. The molecule has 0 radical (unpaired) electrons. The Morgan fingerprint density at radius 3 is 2.20 bits per heavy atom. The van der Waals surface area contributed by atoms with Gasteiger partial charge in [0, 0.05) is 39.3 Å². The van der Waals surface area contributed by atoms with Gasteiger partial charge in [0.1, 0.15) is 0 Å². The van der Waals surface area contributed by atoms with Gasteiger partial charge in [-0.1, -0.05) is 6.07 Å². The lowest BCUT2D eigenvalue weighted by Gasteiger charge is -2.27. The van der Waals surface area contributed by atoms with E-state index in [4.69, 9.17) is 0 Å². The third kappa shape index (κ3) is 4.04. The summed E-state index contributed by atoms with van der Waals surface area (Å²) in [6, 6.07) is 1.99. The zero-order valence-corrected chi connectivity index (χ0v) is 19.6. The number of rotatable bonds is 5. The number of aryl methyl sites for hydroxylation is 2.